The van der Waals surface area contributed by atoms with Crippen LogP contribution in [0.3, 0.4) is 0 Å². The lowest BCUT2D eigenvalue weighted by molar-refractivity contribution is 0.312. The molecule has 0 saturated heterocycles. The molecule has 4 heteroatoms. The maximum absolute atomic E-state index is 12.9. The number of nitrogens with two attached hydrogens (primary N) is 1. The number of rotatable bonds is 7. The Kier molecular flexibility index (Phi) is 5.58. The van der Waals surface area contributed by atoms with Gasteiger partial charge < -0.3 is 15.4 Å². The smallest absolute Gasteiger partial charge is 0.123 e. The van der Waals surface area contributed by atoms with E-state index in [1.54, 1.807) is 12.1 Å². The van der Waals surface area contributed by atoms with Gasteiger partial charge >= 0.3 is 0 Å². The predicted octanol–water partition coefficient (Wildman–Crippen LogP) is 3.19. The maximum Gasteiger partial charge on any atom is 0.123 e. The highest BCUT2D eigenvalue weighted by atomic mass is 19.1. The van der Waals surface area contributed by atoms with Crippen molar-refractivity contribution in [2.45, 2.75) is 13.0 Å². The molecule has 0 aliphatic rings. The fourth-order valence-electron chi connectivity index (χ4n) is 2.04. The van der Waals surface area contributed by atoms with Crippen LogP contribution in [0.25, 0.3) is 0 Å². The molecule has 0 aliphatic heterocycles. The van der Waals surface area contributed by atoms with E-state index < -0.39 is 0 Å². The highest BCUT2D eigenvalue weighted by Crippen LogP contribution is 2.14. The molecule has 2 aromatic carbocycles. The minimum Gasteiger partial charge on any atom is -0.494 e. The zero-order chi connectivity index (χ0) is 15.1. The van der Waals surface area contributed by atoms with E-state index in [0.717, 1.165) is 30.0 Å². The zero-order valence-electron chi connectivity index (χ0n) is 12.3. The summed E-state index contributed by atoms with van der Waals surface area (Å²) in [6, 6.07) is 14.3. The Labute approximate surface area is 125 Å². The number of halogens is 1. The van der Waals surface area contributed by atoms with E-state index in [1.165, 1.54) is 12.1 Å². The Bertz CT molecular complexity index is 540. The number of hydrogen-bond acceptors (Lipinski definition) is 3. The van der Waals surface area contributed by atoms with E-state index in [-0.39, 0.29) is 5.82 Å². The van der Waals surface area contributed by atoms with Crippen LogP contribution in [0.4, 0.5) is 10.1 Å². The predicted molar refractivity (Wildman–Crippen MR) is 84.1 cm³/mol. The standard InChI is InChI=1S/C17H21FN2O/c1-20(16-7-5-15(18)6-8-16)11-2-12-21-17-9-3-14(13-19)4-10-17/h3-10H,2,11-13,19H2,1H3. The lowest BCUT2D eigenvalue weighted by Gasteiger charge is -2.19. The van der Waals surface area contributed by atoms with Gasteiger partial charge in [0.1, 0.15) is 11.6 Å². The van der Waals surface area contributed by atoms with Crippen LogP contribution in [0.1, 0.15) is 12.0 Å². The lowest BCUT2D eigenvalue weighted by atomic mass is 10.2. The lowest BCUT2D eigenvalue weighted by Crippen LogP contribution is -2.20. The van der Waals surface area contributed by atoms with E-state index in [0.29, 0.717) is 13.2 Å². The van der Waals surface area contributed by atoms with E-state index in [1.807, 2.05) is 31.3 Å². The molecular weight excluding hydrogens is 267 g/mol. The Morgan fingerprint density at radius 1 is 1.05 bits per heavy atom. The van der Waals surface area contributed by atoms with Crippen molar-refractivity contribution in [3.05, 3.63) is 59.9 Å². The molecule has 2 aromatic rings. The molecule has 0 spiro atoms. The first-order valence-corrected chi connectivity index (χ1v) is 7.07. The van der Waals surface area contributed by atoms with Gasteiger partial charge in [-0.1, -0.05) is 12.1 Å². The van der Waals surface area contributed by atoms with E-state index in [9.17, 15) is 4.39 Å². The summed E-state index contributed by atoms with van der Waals surface area (Å²) in [7, 11) is 1.99. The molecule has 0 bridgehead atoms. The van der Waals surface area contributed by atoms with Gasteiger partial charge in [0, 0.05) is 25.8 Å². The van der Waals surface area contributed by atoms with Gasteiger partial charge in [-0.15, -0.1) is 0 Å². The molecule has 3 nitrogen and oxygen atoms in total. The monoisotopic (exact) mass is 288 g/mol. The van der Waals surface area contributed by atoms with Crippen molar-refractivity contribution in [2.75, 3.05) is 25.1 Å². The zero-order valence-corrected chi connectivity index (χ0v) is 12.3. The van der Waals surface area contributed by atoms with Crippen LogP contribution in [0.15, 0.2) is 48.5 Å². The Morgan fingerprint density at radius 3 is 2.33 bits per heavy atom. The second-order valence-electron chi connectivity index (χ2n) is 4.95. The van der Waals surface area contributed by atoms with Crippen LogP contribution in [0, 0.1) is 5.82 Å². The third kappa shape index (κ3) is 4.76. The highest BCUT2D eigenvalue weighted by Gasteiger charge is 2.01. The van der Waals surface area contributed by atoms with Gasteiger partial charge in [-0.3, -0.25) is 0 Å². The molecule has 2 rings (SSSR count). The molecule has 21 heavy (non-hydrogen) atoms. The molecule has 0 atom stereocenters. The first kappa shape index (κ1) is 15.3. The summed E-state index contributed by atoms with van der Waals surface area (Å²) in [6.07, 6.45) is 0.895. The number of hydrogen-bond donors (Lipinski definition) is 1. The summed E-state index contributed by atoms with van der Waals surface area (Å²) in [5.74, 6) is 0.646. The van der Waals surface area contributed by atoms with Gasteiger partial charge in [0.25, 0.3) is 0 Å². The van der Waals surface area contributed by atoms with Crippen LogP contribution in [-0.4, -0.2) is 20.2 Å². The molecule has 112 valence electrons. The second kappa shape index (κ2) is 7.64. The number of benzene rings is 2. The topological polar surface area (TPSA) is 38.5 Å². The van der Waals surface area contributed by atoms with Crippen molar-refractivity contribution in [1.29, 1.82) is 0 Å². The summed E-state index contributed by atoms with van der Waals surface area (Å²) in [6.45, 7) is 2.04. The van der Waals surface area contributed by atoms with Gasteiger partial charge in [-0.2, -0.15) is 0 Å². The Morgan fingerprint density at radius 2 is 1.71 bits per heavy atom. The molecule has 0 radical (unpaired) electrons. The van der Waals surface area contributed by atoms with Gasteiger partial charge in [-0.05, 0) is 48.4 Å². The molecule has 0 aliphatic carbocycles. The largest absolute Gasteiger partial charge is 0.494 e. The van der Waals surface area contributed by atoms with Crippen molar-refractivity contribution < 1.29 is 9.13 Å². The molecule has 0 fully saturated rings. The van der Waals surface area contributed by atoms with Crippen LogP contribution in [0.2, 0.25) is 0 Å². The molecule has 0 unspecified atom stereocenters. The van der Waals surface area contributed by atoms with Crippen molar-refractivity contribution >= 4 is 5.69 Å². The average molecular weight is 288 g/mol. The minimum absolute atomic E-state index is 0.212. The molecule has 0 heterocycles. The first-order chi connectivity index (χ1) is 10.2. The van der Waals surface area contributed by atoms with E-state index in [2.05, 4.69) is 4.90 Å². The molecular formula is C17H21FN2O. The average Bonchev–Trinajstić information content (AvgIpc) is 2.52. The Hall–Kier alpha value is -2.07. The molecule has 2 N–H and O–H groups in total. The number of ether oxygens (including phenoxy) is 1. The summed E-state index contributed by atoms with van der Waals surface area (Å²) < 4.78 is 18.5. The third-order valence-electron chi connectivity index (χ3n) is 3.33. The quantitative estimate of drug-likeness (QED) is 0.795. The normalized spacial score (nSPS) is 10.4. The number of anilines is 1. The third-order valence-corrected chi connectivity index (χ3v) is 3.33. The van der Waals surface area contributed by atoms with Crippen molar-refractivity contribution in [3.8, 4) is 5.75 Å². The van der Waals surface area contributed by atoms with E-state index in [4.69, 9.17) is 10.5 Å². The summed E-state index contributed by atoms with van der Waals surface area (Å²) in [4.78, 5) is 2.08. The second-order valence-corrected chi connectivity index (χ2v) is 4.95. The van der Waals surface area contributed by atoms with Crippen molar-refractivity contribution in [2.24, 2.45) is 5.73 Å². The maximum atomic E-state index is 12.9. The van der Waals surface area contributed by atoms with Crippen LogP contribution in [-0.2, 0) is 6.54 Å². The van der Waals surface area contributed by atoms with Gasteiger partial charge in [0.05, 0.1) is 6.61 Å². The van der Waals surface area contributed by atoms with Crippen LogP contribution >= 0.6 is 0 Å². The van der Waals surface area contributed by atoms with Crippen molar-refractivity contribution in [3.63, 3.8) is 0 Å². The minimum atomic E-state index is -0.212. The summed E-state index contributed by atoms with van der Waals surface area (Å²) in [5, 5.41) is 0. The summed E-state index contributed by atoms with van der Waals surface area (Å²) in [5.41, 5.74) is 7.65. The van der Waals surface area contributed by atoms with Crippen LogP contribution in [0.5, 0.6) is 5.75 Å². The van der Waals surface area contributed by atoms with Crippen LogP contribution < -0.4 is 15.4 Å². The van der Waals surface area contributed by atoms with Gasteiger partial charge in [0.15, 0.2) is 0 Å². The Balaban J connectivity index is 1.72. The van der Waals surface area contributed by atoms with Gasteiger partial charge in [0.2, 0.25) is 0 Å². The molecule has 0 saturated carbocycles. The number of nitrogens with zero attached hydrogens (tertiary/aromatic N) is 1. The molecule has 0 aromatic heterocycles. The SMILES string of the molecule is CN(CCCOc1ccc(CN)cc1)c1ccc(F)cc1. The summed E-state index contributed by atoms with van der Waals surface area (Å²) >= 11 is 0. The fraction of sp³-hybridized carbons (Fsp3) is 0.294. The molecule has 0 amide bonds. The highest BCUT2D eigenvalue weighted by molar-refractivity contribution is 5.45. The first-order valence-electron chi connectivity index (χ1n) is 7.07. The van der Waals surface area contributed by atoms with Gasteiger partial charge in [-0.25, -0.2) is 4.39 Å². The van der Waals surface area contributed by atoms with Crippen molar-refractivity contribution in [1.82, 2.24) is 0 Å². The fourth-order valence-corrected chi connectivity index (χ4v) is 2.04. The van der Waals surface area contributed by atoms with E-state index >= 15 is 0 Å².